The maximum atomic E-state index is 11.6. The quantitative estimate of drug-likeness (QED) is 0.584. The van der Waals surface area contributed by atoms with Crippen LogP contribution in [0.4, 0.5) is 11.8 Å². The van der Waals surface area contributed by atoms with Gasteiger partial charge in [0.15, 0.2) is 0 Å². The molecule has 3 heterocycles. The molecule has 1 fully saturated rings. The summed E-state index contributed by atoms with van der Waals surface area (Å²) < 4.78 is 0. The van der Waals surface area contributed by atoms with Crippen LogP contribution in [0.3, 0.4) is 0 Å². The lowest BCUT2D eigenvalue weighted by Gasteiger charge is -2.34. The van der Waals surface area contributed by atoms with Crippen LogP contribution in [0.15, 0.2) is 0 Å². The number of aliphatic carboxylic acids is 2. The van der Waals surface area contributed by atoms with Gasteiger partial charge in [-0.2, -0.15) is 4.98 Å². The van der Waals surface area contributed by atoms with Crippen LogP contribution in [0.5, 0.6) is 0 Å². The molecule has 0 aliphatic carbocycles. The predicted octanol–water partition coefficient (Wildman–Crippen LogP) is -0.145. The molecule has 2 aliphatic heterocycles. The number of carbonyl (C=O) groups excluding carboxylic acids is 1. The van der Waals surface area contributed by atoms with Gasteiger partial charge in [0.2, 0.25) is 11.9 Å². The van der Waals surface area contributed by atoms with Crippen molar-refractivity contribution in [2.45, 2.75) is 33.9 Å². The second-order valence-electron chi connectivity index (χ2n) is 6.53. The molecule has 0 aromatic carbocycles. The monoisotopic (exact) mass is 396 g/mol. The van der Waals surface area contributed by atoms with Gasteiger partial charge < -0.3 is 30.6 Å². The Morgan fingerprint density at radius 1 is 0.929 bits per heavy atom. The first-order valence-electron chi connectivity index (χ1n) is 8.74. The Kier molecular flexibility index (Phi) is 8.58. The predicted molar refractivity (Wildman–Crippen MR) is 103 cm³/mol. The van der Waals surface area contributed by atoms with E-state index in [0.29, 0.717) is 19.0 Å². The highest BCUT2D eigenvalue weighted by Gasteiger charge is 2.29. The van der Waals surface area contributed by atoms with Gasteiger partial charge in [-0.3, -0.25) is 14.4 Å². The van der Waals surface area contributed by atoms with Gasteiger partial charge in [-0.05, 0) is 7.05 Å². The number of carbonyl (C=O) groups is 3. The van der Waals surface area contributed by atoms with Gasteiger partial charge in [-0.15, -0.1) is 0 Å². The molecular weight excluding hydrogens is 368 g/mol. The number of carboxylic acids is 2. The number of piperazine rings is 1. The van der Waals surface area contributed by atoms with Crippen molar-refractivity contribution in [2.24, 2.45) is 0 Å². The average molecular weight is 396 g/mol. The number of nitrogens with zero attached hydrogens (tertiary/aromatic N) is 5. The zero-order valence-corrected chi connectivity index (χ0v) is 16.7. The first-order chi connectivity index (χ1) is 13.0. The first-order valence-corrected chi connectivity index (χ1v) is 8.74. The first kappa shape index (κ1) is 23.1. The van der Waals surface area contributed by atoms with E-state index in [-0.39, 0.29) is 5.91 Å². The molecule has 0 atom stereocenters. The maximum absolute atomic E-state index is 11.6. The molecule has 0 saturated carbocycles. The Morgan fingerprint density at radius 3 is 1.89 bits per heavy atom. The van der Waals surface area contributed by atoms with E-state index in [2.05, 4.69) is 26.8 Å². The molecule has 1 amide bonds. The number of anilines is 2. The molecular formula is C17H28N6O5. The van der Waals surface area contributed by atoms with E-state index in [1.165, 1.54) is 0 Å². The molecule has 0 spiro atoms. The maximum Gasteiger partial charge on any atom is 0.300 e. The van der Waals surface area contributed by atoms with Crippen LogP contribution in [0.2, 0.25) is 0 Å². The number of likely N-dealkylation sites (N-methyl/N-ethyl adjacent to an activating group) is 1. The van der Waals surface area contributed by atoms with Gasteiger partial charge in [0.1, 0.15) is 5.82 Å². The number of carboxylic acid groups (broad SMARTS) is 2. The number of amides is 1. The Balaban J connectivity index is 0.000000420. The van der Waals surface area contributed by atoms with Crippen molar-refractivity contribution in [1.29, 1.82) is 0 Å². The van der Waals surface area contributed by atoms with Crippen LogP contribution in [0.25, 0.3) is 0 Å². The number of aromatic nitrogens is 2. The third kappa shape index (κ3) is 7.35. The van der Waals surface area contributed by atoms with Crippen LogP contribution in [0.1, 0.15) is 32.0 Å². The van der Waals surface area contributed by atoms with Crippen molar-refractivity contribution in [3.05, 3.63) is 11.3 Å². The fraction of sp³-hybridized carbons (Fsp3) is 0.588. The largest absolute Gasteiger partial charge is 0.481 e. The molecule has 2 aliphatic rings. The van der Waals surface area contributed by atoms with Crippen LogP contribution in [-0.2, 0) is 27.5 Å². The van der Waals surface area contributed by atoms with E-state index >= 15 is 0 Å². The number of nitrogens with two attached hydrogens (primary N) is 1. The minimum Gasteiger partial charge on any atom is -0.481 e. The topological polar surface area (TPSA) is 153 Å². The smallest absolute Gasteiger partial charge is 0.300 e. The lowest BCUT2D eigenvalue weighted by molar-refractivity contribution is -0.135. The summed E-state index contributed by atoms with van der Waals surface area (Å²) in [6.45, 7) is 8.76. The summed E-state index contributed by atoms with van der Waals surface area (Å²) in [7, 11) is 2.12. The third-order valence-corrected chi connectivity index (χ3v) is 4.03. The lowest BCUT2D eigenvalue weighted by Crippen LogP contribution is -2.45. The SMILES string of the molecule is CC(=O)N1Cc2nc(N)nc(N3CCN(C)CC3)c2C1.CC(=O)O.CC(=O)O. The zero-order valence-electron chi connectivity index (χ0n) is 16.7. The Bertz CT molecular complexity index is 698. The van der Waals surface area contributed by atoms with E-state index < -0.39 is 11.9 Å². The molecule has 156 valence electrons. The molecule has 11 nitrogen and oxygen atoms in total. The molecule has 3 rings (SSSR count). The number of hydrogen-bond acceptors (Lipinski definition) is 8. The minimum atomic E-state index is -0.833. The Hall–Kier alpha value is -2.95. The third-order valence-electron chi connectivity index (χ3n) is 4.03. The highest BCUT2D eigenvalue weighted by atomic mass is 16.4. The summed E-state index contributed by atoms with van der Waals surface area (Å²) in [6, 6.07) is 0. The van der Waals surface area contributed by atoms with E-state index in [4.69, 9.17) is 25.5 Å². The molecule has 1 saturated heterocycles. The van der Waals surface area contributed by atoms with Crippen molar-refractivity contribution >= 4 is 29.6 Å². The van der Waals surface area contributed by atoms with Gasteiger partial charge in [-0.1, -0.05) is 0 Å². The molecule has 11 heteroatoms. The fourth-order valence-electron chi connectivity index (χ4n) is 2.76. The van der Waals surface area contributed by atoms with E-state index in [9.17, 15) is 4.79 Å². The summed E-state index contributed by atoms with van der Waals surface area (Å²) >= 11 is 0. The van der Waals surface area contributed by atoms with Crippen molar-refractivity contribution in [1.82, 2.24) is 19.8 Å². The number of rotatable bonds is 1. The Labute approximate surface area is 163 Å². The molecule has 28 heavy (non-hydrogen) atoms. The average Bonchev–Trinajstić information content (AvgIpc) is 2.98. The van der Waals surface area contributed by atoms with E-state index in [1.807, 2.05) is 0 Å². The summed E-state index contributed by atoms with van der Waals surface area (Å²) in [6.07, 6.45) is 0. The number of nitrogen functional groups attached to an aromatic ring is 1. The molecule has 0 unspecified atom stereocenters. The number of hydrogen-bond donors (Lipinski definition) is 3. The van der Waals surface area contributed by atoms with Crippen molar-refractivity contribution in [3.8, 4) is 0 Å². The second kappa shape index (κ2) is 10.4. The van der Waals surface area contributed by atoms with Crippen LogP contribution < -0.4 is 10.6 Å². The van der Waals surface area contributed by atoms with Gasteiger partial charge in [0, 0.05) is 52.5 Å². The van der Waals surface area contributed by atoms with Gasteiger partial charge >= 0.3 is 0 Å². The van der Waals surface area contributed by atoms with Gasteiger partial charge in [-0.25, -0.2) is 4.98 Å². The highest BCUT2D eigenvalue weighted by Crippen LogP contribution is 2.30. The Morgan fingerprint density at radius 2 is 1.43 bits per heavy atom. The zero-order chi connectivity index (χ0) is 21.4. The molecule has 4 N–H and O–H groups in total. The summed E-state index contributed by atoms with van der Waals surface area (Å²) in [5.41, 5.74) is 7.77. The van der Waals surface area contributed by atoms with Crippen molar-refractivity contribution in [2.75, 3.05) is 43.9 Å². The standard InChI is InChI=1S/C13H20N6O.2C2H4O2/c1-9(20)19-7-10-11(8-19)15-13(14)16-12(10)18-5-3-17(2)4-6-18;2*1-2(3)4/h3-8H2,1-2H3,(H2,14,15,16);2*1H3,(H,3,4). The summed E-state index contributed by atoms with van der Waals surface area (Å²) in [4.78, 5) is 44.6. The van der Waals surface area contributed by atoms with Crippen LogP contribution in [-0.4, -0.2) is 81.1 Å². The summed E-state index contributed by atoms with van der Waals surface area (Å²) in [5.74, 6) is -0.404. The lowest BCUT2D eigenvalue weighted by atomic mass is 10.2. The fourth-order valence-corrected chi connectivity index (χ4v) is 2.76. The molecule has 0 bridgehead atoms. The van der Waals surface area contributed by atoms with Crippen LogP contribution >= 0.6 is 0 Å². The van der Waals surface area contributed by atoms with Crippen molar-refractivity contribution < 1.29 is 24.6 Å². The minimum absolute atomic E-state index is 0.0610. The van der Waals surface area contributed by atoms with Gasteiger partial charge in [0.25, 0.3) is 11.9 Å². The van der Waals surface area contributed by atoms with Crippen molar-refractivity contribution in [3.63, 3.8) is 0 Å². The number of fused-ring (bicyclic) bond motifs is 1. The molecule has 0 radical (unpaired) electrons. The van der Waals surface area contributed by atoms with E-state index in [0.717, 1.165) is 57.1 Å². The molecule has 1 aromatic rings. The highest BCUT2D eigenvalue weighted by molar-refractivity contribution is 5.74. The molecule has 1 aromatic heterocycles. The van der Waals surface area contributed by atoms with Gasteiger partial charge in [0.05, 0.1) is 18.8 Å². The summed E-state index contributed by atoms with van der Waals surface area (Å²) in [5, 5.41) is 14.8. The van der Waals surface area contributed by atoms with E-state index in [1.54, 1.807) is 11.8 Å². The normalized spacial score (nSPS) is 15.6. The van der Waals surface area contributed by atoms with Crippen LogP contribution in [0, 0.1) is 0 Å². The second-order valence-corrected chi connectivity index (χ2v) is 6.53.